The molecule has 0 aromatic carbocycles. The highest BCUT2D eigenvalue weighted by molar-refractivity contribution is 7.89. The lowest BCUT2D eigenvalue weighted by Gasteiger charge is -2.15. The average molecular weight is 285 g/mol. The summed E-state index contributed by atoms with van der Waals surface area (Å²) in [7, 11) is -1.82. The fraction of sp³-hybridized carbons (Fsp3) is 0.538. The zero-order valence-corrected chi connectivity index (χ0v) is 12.5. The average Bonchev–Trinajstić information content (AvgIpc) is 2.82. The van der Waals surface area contributed by atoms with E-state index in [1.807, 2.05) is 11.5 Å². The predicted molar refractivity (Wildman–Crippen MR) is 77.2 cm³/mol. The van der Waals surface area contributed by atoms with Gasteiger partial charge in [-0.1, -0.05) is 6.08 Å². The van der Waals surface area contributed by atoms with E-state index in [4.69, 9.17) is 5.73 Å². The summed E-state index contributed by atoms with van der Waals surface area (Å²) in [4.78, 5) is 0.316. The molecule has 0 radical (unpaired) electrons. The number of nitrogens with two attached hydrogens (primary N) is 1. The molecular formula is C13H23N3O2S. The van der Waals surface area contributed by atoms with Crippen molar-refractivity contribution in [3.63, 3.8) is 0 Å². The van der Waals surface area contributed by atoms with Gasteiger partial charge in [0.05, 0.1) is 0 Å². The molecule has 0 saturated carbocycles. The van der Waals surface area contributed by atoms with Crippen LogP contribution in [0.5, 0.6) is 0 Å². The molecule has 0 aliphatic heterocycles. The topological polar surface area (TPSA) is 68.3 Å². The van der Waals surface area contributed by atoms with Crippen molar-refractivity contribution in [2.75, 3.05) is 13.6 Å². The van der Waals surface area contributed by atoms with Crippen LogP contribution in [0.2, 0.25) is 0 Å². The summed E-state index contributed by atoms with van der Waals surface area (Å²) in [6.07, 6.45) is 5.03. The predicted octanol–water partition coefficient (Wildman–Crippen LogP) is 1.55. The van der Waals surface area contributed by atoms with Crippen molar-refractivity contribution in [2.45, 2.75) is 37.8 Å². The van der Waals surface area contributed by atoms with E-state index in [1.165, 1.54) is 4.31 Å². The van der Waals surface area contributed by atoms with Gasteiger partial charge in [-0.25, -0.2) is 12.7 Å². The van der Waals surface area contributed by atoms with Crippen LogP contribution in [0.1, 0.15) is 25.5 Å². The van der Waals surface area contributed by atoms with Gasteiger partial charge >= 0.3 is 0 Å². The summed E-state index contributed by atoms with van der Waals surface area (Å²) in [5.41, 5.74) is 6.45. The Morgan fingerprint density at radius 3 is 2.68 bits per heavy atom. The van der Waals surface area contributed by atoms with Gasteiger partial charge in [-0.3, -0.25) is 0 Å². The second-order valence-electron chi connectivity index (χ2n) is 4.41. The Labute approximate surface area is 115 Å². The molecule has 1 aromatic heterocycles. The molecule has 0 bridgehead atoms. The van der Waals surface area contributed by atoms with Gasteiger partial charge in [-0.05, 0) is 25.8 Å². The van der Waals surface area contributed by atoms with E-state index >= 15 is 0 Å². The zero-order valence-electron chi connectivity index (χ0n) is 11.7. The van der Waals surface area contributed by atoms with Gasteiger partial charge in [0.25, 0.3) is 0 Å². The van der Waals surface area contributed by atoms with Crippen molar-refractivity contribution in [1.29, 1.82) is 0 Å². The molecule has 1 rings (SSSR count). The molecule has 19 heavy (non-hydrogen) atoms. The standard InChI is InChI=1S/C13H23N3O2S/c1-4-6-7-8-15(3)19(17,18)13-9-12(10-14)16(5-2)11-13/h4,9,11H,1,5-8,10,14H2,2-3H3. The normalized spacial score (nSPS) is 12.0. The minimum absolute atomic E-state index is 0.316. The molecule has 0 saturated heterocycles. The highest BCUT2D eigenvalue weighted by atomic mass is 32.2. The Kier molecular flexibility index (Phi) is 5.78. The second kappa shape index (κ2) is 6.88. The molecule has 0 atom stereocenters. The Balaban J connectivity index is 2.92. The van der Waals surface area contributed by atoms with E-state index in [0.29, 0.717) is 24.5 Å². The van der Waals surface area contributed by atoms with Gasteiger partial charge in [-0.2, -0.15) is 0 Å². The number of aromatic nitrogens is 1. The number of allylic oxidation sites excluding steroid dienone is 1. The molecule has 0 aliphatic rings. The summed E-state index contributed by atoms with van der Waals surface area (Å²) < 4.78 is 28.0. The lowest BCUT2D eigenvalue weighted by atomic mass is 10.3. The molecule has 5 nitrogen and oxygen atoms in total. The van der Waals surface area contributed by atoms with Gasteiger partial charge in [0.2, 0.25) is 10.0 Å². The maximum atomic E-state index is 12.4. The van der Waals surface area contributed by atoms with Gasteiger partial charge in [-0.15, -0.1) is 6.58 Å². The lowest BCUT2D eigenvalue weighted by Crippen LogP contribution is -2.27. The highest BCUT2D eigenvalue weighted by Crippen LogP contribution is 2.18. The fourth-order valence-electron chi connectivity index (χ4n) is 1.89. The Morgan fingerprint density at radius 1 is 1.53 bits per heavy atom. The first-order valence-corrected chi connectivity index (χ1v) is 7.87. The number of hydrogen-bond acceptors (Lipinski definition) is 3. The Bertz CT molecular complexity index is 498. The minimum Gasteiger partial charge on any atom is -0.349 e. The highest BCUT2D eigenvalue weighted by Gasteiger charge is 2.22. The number of aryl methyl sites for hydroxylation is 1. The Hall–Kier alpha value is -1.11. The number of rotatable bonds is 8. The van der Waals surface area contributed by atoms with Crippen LogP contribution in [0, 0.1) is 0 Å². The van der Waals surface area contributed by atoms with Crippen molar-refractivity contribution in [3.05, 3.63) is 30.6 Å². The largest absolute Gasteiger partial charge is 0.349 e. The van der Waals surface area contributed by atoms with E-state index in [0.717, 1.165) is 18.5 Å². The van der Waals surface area contributed by atoms with Gasteiger partial charge < -0.3 is 10.3 Å². The van der Waals surface area contributed by atoms with Crippen molar-refractivity contribution in [2.24, 2.45) is 5.73 Å². The van der Waals surface area contributed by atoms with Crippen LogP contribution in [0.3, 0.4) is 0 Å². The number of nitrogens with zero attached hydrogens (tertiary/aromatic N) is 2. The second-order valence-corrected chi connectivity index (χ2v) is 6.46. The molecule has 108 valence electrons. The summed E-state index contributed by atoms with van der Waals surface area (Å²) in [5, 5.41) is 0. The quantitative estimate of drug-likeness (QED) is 0.582. The first kappa shape index (κ1) is 15.9. The molecular weight excluding hydrogens is 262 g/mol. The SMILES string of the molecule is C=CCCCN(C)S(=O)(=O)c1cc(CN)n(CC)c1. The van der Waals surface area contributed by atoms with E-state index in [1.54, 1.807) is 25.4 Å². The van der Waals surface area contributed by atoms with Gasteiger partial charge in [0, 0.05) is 38.6 Å². The maximum Gasteiger partial charge on any atom is 0.244 e. The maximum absolute atomic E-state index is 12.4. The summed E-state index contributed by atoms with van der Waals surface area (Å²) in [5.74, 6) is 0. The fourth-order valence-corrected chi connectivity index (χ4v) is 3.17. The molecule has 0 aliphatic carbocycles. The Morgan fingerprint density at radius 2 is 2.21 bits per heavy atom. The third-order valence-electron chi connectivity index (χ3n) is 3.10. The summed E-state index contributed by atoms with van der Waals surface area (Å²) >= 11 is 0. The molecule has 6 heteroatoms. The van der Waals surface area contributed by atoms with Crippen LogP contribution in [-0.2, 0) is 23.1 Å². The van der Waals surface area contributed by atoms with E-state index in [-0.39, 0.29) is 0 Å². The molecule has 1 heterocycles. The van der Waals surface area contributed by atoms with Crippen LogP contribution in [-0.4, -0.2) is 30.9 Å². The number of sulfonamides is 1. The monoisotopic (exact) mass is 285 g/mol. The summed E-state index contributed by atoms with van der Waals surface area (Å²) in [6.45, 7) is 7.13. The first-order valence-electron chi connectivity index (χ1n) is 6.43. The van der Waals surface area contributed by atoms with Crippen LogP contribution >= 0.6 is 0 Å². The van der Waals surface area contributed by atoms with Gasteiger partial charge in [0.15, 0.2) is 0 Å². The van der Waals surface area contributed by atoms with Crippen molar-refractivity contribution >= 4 is 10.0 Å². The molecule has 0 spiro atoms. The van der Waals surface area contributed by atoms with E-state index in [2.05, 4.69) is 6.58 Å². The van der Waals surface area contributed by atoms with Crippen LogP contribution in [0.15, 0.2) is 29.8 Å². The van der Waals surface area contributed by atoms with Crippen molar-refractivity contribution in [3.8, 4) is 0 Å². The molecule has 0 amide bonds. The van der Waals surface area contributed by atoms with E-state index < -0.39 is 10.0 Å². The van der Waals surface area contributed by atoms with Crippen LogP contribution in [0.25, 0.3) is 0 Å². The summed E-state index contributed by atoms with van der Waals surface area (Å²) in [6, 6.07) is 1.66. The van der Waals surface area contributed by atoms with Crippen LogP contribution in [0.4, 0.5) is 0 Å². The smallest absolute Gasteiger partial charge is 0.244 e. The molecule has 0 fully saturated rings. The van der Waals surface area contributed by atoms with Crippen molar-refractivity contribution < 1.29 is 8.42 Å². The van der Waals surface area contributed by atoms with E-state index in [9.17, 15) is 8.42 Å². The van der Waals surface area contributed by atoms with Gasteiger partial charge in [0.1, 0.15) is 4.90 Å². The number of unbranched alkanes of at least 4 members (excludes halogenated alkanes) is 1. The third-order valence-corrected chi connectivity index (χ3v) is 4.92. The molecule has 0 unspecified atom stereocenters. The minimum atomic E-state index is -3.42. The van der Waals surface area contributed by atoms with Crippen LogP contribution < -0.4 is 5.73 Å². The lowest BCUT2D eigenvalue weighted by molar-refractivity contribution is 0.462. The zero-order chi connectivity index (χ0) is 14.5. The number of hydrogen-bond donors (Lipinski definition) is 1. The molecule has 1 aromatic rings. The molecule has 2 N–H and O–H groups in total. The first-order chi connectivity index (χ1) is 8.97. The van der Waals surface area contributed by atoms with Crippen molar-refractivity contribution in [1.82, 2.24) is 8.87 Å². The third kappa shape index (κ3) is 3.68.